The molecular weight excluding hydrogens is 379 g/mol. The summed E-state index contributed by atoms with van der Waals surface area (Å²) >= 11 is 9.78. The van der Waals surface area contributed by atoms with Crippen LogP contribution in [0.2, 0.25) is 5.02 Å². The zero-order chi connectivity index (χ0) is 13.1. The van der Waals surface area contributed by atoms with E-state index in [0.717, 1.165) is 23.9 Å². The van der Waals surface area contributed by atoms with Crippen molar-refractivity contribution in [2.75, 3.05) is 0 Å². The van der Waals surface area contributed by atoms with E-state index < -0.39 is 0 Å². The Hall–Kier alpha value is -0.520. The number of hydrogen-bond acceptors (Lipinski definition) is 2. The van der Waals surface area contributed by atoms with Crippen molar-refractivity contribution in [1.29, 1.82) is 0 Å². The first-order valence-electron chi connectivity index (χ1n) is 5.31. The molecule has 0 aliphatic carbocycles. The topological polar surface area (TPSA) is 17.1 Å². The SMILES string of the molecule is CC(=O)c1ccccc1Sc1ccc(Cl)cc1I. The maximum Gasteiger partial charge on any atom is 0.160 e. The third kappa shape index (κ3) is 3.28. The molecule has 0 aliphatic heterocycles. The van der Waals surface area contributed by atoms with Gasteiger partial charge in [0.15, 0.2) is 5.78 Å². The molecule has 1 nitrogen and oxygen atoms in total. The lowest BCUT2D eigenvalue weighted by Gasteiger charge is -2.08. The number of carbonyl (C=O) groups excluding carboxylic acids is 1. The second kappa shape index (κ2) is 6.08. The van der Waals surface area contributed by atoms with Crippen molar-refractivity contribution in [1.82, 2.24) is 0 Å². The number of hydrogen-bond donors (Lipinski definition) is 0. The Morgan fingerprint density at radius 3 is 2.56 bits per heavy atom. The van der Waals surface area contributed by atoms with Crippen LogP contribution in [0.15, 0.2) is 52.3 Å². The van der Waals surface area contributed by atoms with Gasteiger partial charge in [-0.15, -0.1) is 0 Å². The van der Waals surface area contributed by atoms with Crippen LogP contribution in [-0.2, 0) is 0 Å². The van der Waals surface area contributed by atoms with Crippen molar-refractivity contribution >= 4 is 51.7 Å². The summed E-state index contributed by atoms with van der Waals surface area (Å²) in [6, 6.07) is 13.4. The van der Waals surface area contributed by atoms with E-state index in [1.807, 2.05) is 42.5 Å². The summed E-state index contributed by atoms with van der Waals surface area (Å²) in [4.78, 5) is 13.6. The minimum absolute atomic E-state index is 0.0853. The third-order valence-corrected chi connectivity index (χ3v) is 5.03. The summed E-state index contributed by atoms with van der Waals surface area (Å²) in [5.41, 5.74) is 0.758. The molecule has 18 heavy (non-hydrogen) atoms. The molecule has 2 rings (SSSR count). The van der Waals surface area contributed by atoms with Crippen LogP contribution >= 0.6 is 46.0 Å². The average Bonchev–Trinajstić information content (AvgIpc) is 2.33. The average molecular weight is 389 g/mol. The van der Waals surface area contributed by atoms with E-state index in [4.69, 9.17) is 11.6 Å². The molecule has 0 unspecified atom stereocenters. The van der Waals surface area contributed by atoms with Crippen LogP contribution in [0.25, 0.3) is 0 Å². The van der Waals surface area contributed by atoms with Crippen LogP contribution in [-0.4, -0.2) is 5.78 Å². The number of carbonyl (C=O) groups is 1. The molecule has 0 atom stereocenters. The van der Waals surface area contributed by atoms with Crippen LogP contribution in [0.3, 0.4) is 0 Å². The van der Waals surface area contributed by atoms with E-state index in [1.165, 1.54) is 0 Å². The van der Waals surface area contributed by atoms with E-state index >= 15 is 0 Å². The van der Waals surface area contributed by atoms with Gasteiger partial charge >= 0.3 is 0 Å². The van der Waals surface area contributed by atoms with Crippen molar-refractivity contribution in [3.63, 3.8) is 0 Å². The molecule has 0 spiro atoms. The number of rotatable bonds is 3. The van der Waals surface area contributed by atoms with E-state index in [9.17, 15) is 4.79 Å². The van der Waals surface area contributed by atoms with Gasteiger partial charge in [0.1, 0.15) is 0 Å². The maximum atomic E-state index is 11.6. The summed E-state index contributed by atoms with van der Waals surface area (Å²) in [6.45, 7) is 1.59. The molecule has 92 valence electrons. The van der Waals surface area contributed by atoms with E-state index in [-0.39, 0.29) is 5.78 Å². The number of ketones is 1. The fourth-order valence-corrected chi connectivity index (χ4v) is 3.72. The van der Waals surface area contributed by atoms with Crippen LogP contribution in [0.1, 0.15) is 17.3 Å². The van der Waals surface area contributed by atoms with Crippen molar-refractivity contribution in [2.45, 2.75) is 16.7 Å². The fourth-order valence-electron chi connectivity index (χ4n) is 1.52. The van der Waals surface area contributed by atoms with Crippen molar-refractivity contribution in [2.24, 2.45) is 0 Å². The lowest BCUT2D eigenvalue weighted by atomic mass is 10.1. The molecule has 0 fully saturated rings. The monoisotopic (exact) mass is 388 g/mol. The number of benzene rings is 2. The molecule has 0 aromatic heterocycles. The van der Waals surface area contributed by atoms with Crippen molar-refractivity contribution in [3.8, 4) is 0 Å². The first kappa shape index (κ1) is 13.9. The summed E-state index contributed by atoms with van der Waals surface area (Å²) < 4.78 is 1.09. The fraction of sp³-hybridized carbons (Fsp3) is 0.0714. The highest BCUT2D eigenvalue weighted by Gasteiger charge is 2.09. The van der Waals surface area contributed by atoms with Gasteiger partial charge in [-0.05, 0) is 53.8 Å². The molecule has 0 radical (unpaired) electrons. The van der Waals surface area contributed by atoms with Gasteiger partial charge in [0.05, 0.1) is 0 Å². The number of Topliss-reactive ketones (excluding diaryl/α,β-unsaturated/α-hetero) is 1. The summed E-state index contributed by atoms with van der Waals surface area (Å²) in [7, 11) is 0. The molecule has 2 aromatic rings. The number of halogens is 2. The second-order valence-corrected chi connectivity index (χ2v) is 6.41. The molecule has 0 saturated carbocycles. The highest BCUT2D eigenvalue weighted by molar-refractivity contribution is 14.1. The Kier molecular flexibility index (Phi) is 4.70. The Morgan fingerprint density at radius 1 is 1.17 bits per heavy atom. The summed E-state index contributed by atoms with van der Waals surface area (Å²) in [5, 5.41) is 0.726. The molecule has 0 saturated heterocycles. The quantitative estimate of drug-likeness (QED) is 0.524. The Morgan fingerprint density at radius 2 is 1.89 bits per heavy atom. The highest BCUT2D eigenvalue weighted by Crippen LogP contribution is 2.34. The highest BCUT2D eigenvalue weighted by atomic mass is 127. The standard InChI is InChI=1S/C14H10ClIOS/c1-9(17)11-4-2-3-5-13(11)18-14-7-6-10(15)8-12(14)16/h2-8H,1H3. The molecule has 2 aromatic carbocycles. The largest absolute Gasteiger partial charge is 0.294 e. The van der Waals surface area contributed by atoms with Crippen LogP contribution in [0.4, 0.5) is 0 Å². The Balaban J connectivity index is 2.37. The van der Waals surface area contributed by atoms with E-state index in [1.54, 1.807) is 18.7 Å². The molecule has 0 N–H and O–H groups in total. The first-order valence-corrected chi connectivity index (χ1v) is 7.58. The summed E-state index contributed by atoms with van der Waals surface area (Å²) in [5.74, 6) is 0.0853. The smallest absolute Gasteiger partial charge is 0.160 e. The lowest BCUT2D eigenvalue weighted by molar-refractivity contribution is 0.101. The molecule has 4 heteroatoms. The maximum absolute atomic E-state index is 11.6. The van der Waals surface area contributed by atoms with Gasteiger partial charge in [0.25, 0.3) is 0 Å². The van der Waals surface area contributed by atoms with Gasteiger partial charge < -0.3 is 0 Å². The third-order valence-electron chi connectivity index (χ3n) is 2.38. The Bertz CT molecular complexity index is 598. The molecule has 0 heterocycles. The van der Waals surface area contributed by atoms with Gasteiger partial charge in [-0.25, -0.2) is 0 Å². The van der Waals surface area contributed by atoms with Gasteiger partial charge in [-0.1, -0.05) is 41.6 Å². The van der Waals surface area contributed by atoms with E-state index in [0.29, 0.717) is 0 Å². The zero-order valence-corrected chi connectivity index (χ0v) is 13.3. The molecule has 0 aliphatic rings. The first-order chi connectivity index (χ1) is 8.58. The van der Waals surface area contributed by atoms with Gasteiger partial charge in [-0.3, -0.25) is 4.79 Å². The van der Waals surface area contributed by atoms with Gasteiger partial charge in [0, 0.05) is 23.9 Å². The van der Waals surface area contributed by atoms with Crippen molar-refractivity contribution < 1.29 is 4.79 Å². The summed E-state index contributed by atoms with van der Waals surface area (Å²) in [6.07, 6.45) is 0. The van der Waals surface area contributed by atoms with Gasteiger partial charge in [-0.2, -0.15) is 0 Å². The molecule has 0 bridgehead atoms. The zero-order valence-electron chi connectivity index (χ0n) is 9.61. The van der Waals surface area contributed by atoms with E-state index in [2.05, 4.69) is 22.6 Å². The minimum Gasteiger partial charge on any atom is -0.294 e. The van der Waals surface area contributed by atoms with Crippen molar-refractivity contribution in [3.05, 3.63) is 56.6 Å². The minimum atomic E-state index is 0.0853. The van der Waals surface area contributed by atoms with Crippen LogP contribution in [0.5, 0.6) is 0 Å². The normalized spacial score (nSPS) is 10.4. The Labute approximate surface area is 129 Å². The van der Waals surface area contributed by atoms with Crippen LogP contribution in [0, 0.1) is 3.57 Å². The molecule has 0 amide bonds. The lowest BCUT2D eigenvalue weighted by Crippen LogP contribution is -1.94. The van der Waals surface area contributed by atoms with Crippen LogP contribution < -0.4 is 0 Å². The predicted molar refractivity (Wildman–Crippen MR) is 84.7 cm³/mol. The van der Waals surface area contributed by atoms with Gasteiger partial charge in [0.2, 0.25) is 0 Å². The predicted octanol–water partition coefficient (Wildman–Crippen LogP) is 5.30. The second-order valence-electron chi connectivity index (χ2n) is 3.73. The molecular formula is C14H10ClIOS.